The van der Waals surface area contributed by atoms with Crippen molar-refractivity contribution in [1.29, 1.82) is 0 Å². The first-order valence-corrected chi connectivity index (χ1v) is 9.59. The monoisotopic (exact) mass is 416 g/mol. The third-order valence-corrected chi connectivity index (χ3v) is 4.85. The summed E-state index contributed by atoms with van der Waals surface area (Å²) in [7, 11) is 0. The molecule has 2 aromatic carbocycles. The van der Waals surface area contributed by atoms with Crippen LogP contribution in [0, 0.1) is 10.1 Å². The molecule has 7 nitrogen and oxygen atoms in total. The van der Waals surface area contributed by atoms with E-state index in [1.807, 2.05) is 30.3 Å². The molecule has 28 heavy (non-hydrogen) atoms. The van der Waals surface area contributed by atoms with Crippen LogP contribution in [0.4, 0.5) is 5.69 Å². The number of rotatable bonds is 8. The molecule has 1 saturated heterocycles. The molecule has 0 aliphatic carbocycles. The van der Waals surface area contributed by atoms with E-state index < -0.39 is 4.92 Å². The average molecular weight is 416 g/mol. The van der Waals surface area contributed by atoms with Gasteiger partial charge in [-0.25, -0.2) is 0 Å². The molecule has 0 saturated carbocycles. The van der Waals surface area contributed by atoms with Crippen molar-refractivity contribution in [2.24, 2.45) is 0 Å². The standard InChI is InChI=1S/C19H16N2O5S2/c22-18-17(28-19(27)20-18)12-13-11-14(21(23)24)7-8-16(13)26-10-4-9-25-15-5-2-1-3-6-15/h1-3,5-8,11-12H,4,9-10H2,(H,20,22,27). The Balaban J connectivity index is 1.66. The van der Waals surface area contributed by atoms with Gasteiger partial charge >= 0.3 is 0 Å². The predicted octanol–water partition coefficient (Wildman–Crippen LogP) is 3.93. The first-order valence-electron chi connectivity index (χ1n) is 8.37. The van der Waals surface area contributed by atoms with Gasteiger partial charge in [-0.3, -0.25) is 14.9 Å². The highest BCUT2D eigenvalue weighted by Crippen LogP contribution is 2.31. The number of nitrogens with one attached hydrogen (secondary N) is 1. The quantitative estimate of drug-likeness (QED) is 0.229. The van der Waals surface area contributed by atoms with Crippen LogP contribution in [0.5, 0.6) is 11.5 Å². The Bertz CT molecular complexity index is 931. The second kappa shape index (κ2) is 9.34. The summed E-state index contributed by atoms with van der Waals surface area (Å²) in [6.07, 6.45) is 2.17. The topological polar surface area (TPSA) is 90.7 Å². The molecule has 0 spiro atoms. The first-order chi connectivity index (χ1) is 13.5. The molecule has 2 aromatic rings. The molecular weight excluding hydrogens is 400 g/mol. The van der Waals surface area contributed by atoms with Crippen molar-refractivity contribution in [3.63, 3.8) is 0 Å². The third-order valence-electron chi connectivity index (χ3n) is 3.69. The minimum absolute atomic E-state index is 0.0856. The number of carbonyl (C=O) groups is 1. The lowest BCUT2D eigenvalue weighted by Crippen LogP contribution is -2.17. The van der Waals surface area contributed by atoms with Crippen LogP contribution < -0.4 is 14.8 Å². The van der Waals surface area contributed by atoms with E-state index in [1.54, 1.807) is 6.08 Å². The molecule has 0 radical (unpaired) electrons. The second-order valence-electron chi connectivity index (χ2n) is 5.70. The molecule has 0 atom stereocenters. The highest BCUT2D eigenvalue weighted by Gasteiger charge is 2.23. The van der Waals surface area contributed by atoms with Crippen molar-refractivity contribution < 1.29 is 19.2 Å². The molecule has 1 aliphatic heterocycles. The van der Waals surface area contributed by atoms with Gasteiger partial charge in [-0.1, -0.05) is 42.2 Å². The van der Waals surface area contributed by atoms with E-state index in [2.05, 4.69) is 5.32 Å². The third kappa shape index (κ3) is 5.30. The van der Waals surface area contributed by atoms with Crippen molar-refractivity contribution in [2.75, 3.05) is 13.2 Å². The number of thioether (sulfide) groups is 1. The van der Waals surface area contributed by atoms with Crippen molar-refractivity contribution >= 4 is 46.0 Å². The molecule has 1 heterocycles. The van der Waals surface area contributed by atoms with E-state index in [0.29, 0.717) is 40.2 Å². The molecule has 144 valence electrons. The lowest BCUT2D eigenvalue weighted by molar-refractivity contribution is -0.384. The number of non-ortho nitro benzene ring substituents is 1. The van der Waals surface area contributed by atoms with E-state index in [4.69, 9.17) is 21.7 Å². The smallest absolute Gasteiger partial charge is 0.270 e. The van der Waals surface area contributed by atoms with Gasteiger partial charge in [0.2, 0.25) is 0 Å². The fraction of sp³-hybridized carbons (Fsp3) is 0.158. The summed E-state index contributed by atoms with van der Waals surface area (Å²) in [6.45, 7) is 0.832. The molecular formula is C19H16N2O5S2. The van der Waals surface area contributed by atoms with E-state index >= 15 is 0 Å². The highest BCUT2D eigenvalue weighted by atomic mass is 32.2. The fourth-order valence-corrected chi connectivity index (χ4v) is 3.44. The number of ether oxygens (including phenoxy) is 2. The minimum Gasteiger partial charge on any atom is -0.493 e. The summed E-state index contributed by atoms with van der Waals surface area (Å²) in [4.78, 5) is 22.8. The molecule has 0 unspecified atom stereocenters. The fourth-order valence-electron chi connectivity index (χ4n) is 2.40. The lowest BCUT2D eigenvalue weighted by atomic mass is 10.1. The Morgan fingerprint density at radius 1 is 1.14 bits per heavy atom. The molecule has 1 fully saturated rings. The number of hydrogen-bond acceptors (Lipinski definition) is 7. The molecule has 0 aromatic heterocycles. The Morgan fingerprint density at radius 2 is 1.89 bits per heavy atom. The van der Waals surface area contributed by atoms with E-state index in [9.17, 15) is 14.9 Å². The van der Waals surface area contributed by atoms with Crippen LogP contribution >= 0.6 is 24.0 Å². The maximum atomic E-state index is 11.9. The Morgan fingerprint density at radius 3 is 2.57 bits per heavy atom. The number of benzene rings is 2. The van der Waals surface area contributed by atoms with Gasteiger partial charge in [0, 0.05) is 24.1 Å². The Labute approximate surface area is 170 Å². The van der Waals surface area contributed by atoms with Crippen LogP contribution in [0.2, 0.25) is 0 Å². The number of nitrogens with zero attached hydrogens (tertiary/aromatic N) is 1. The van der Waals surface area contributed by atoms with Gasteiger partial charge in [0.15, 0.2) is 0 Å². The number of amides is 1. The van der Waals surface area contributed by atoms with E-state index in [-0.39, 0.29) is 11.6 Å². The zero-order valence-electron chi connectivity index (χ0n) is 14.6. The number of thiocarbonyl (C=S) groups is 1. The average Bonchev–Trinajstić information content (AvgIpc) is 3.00. The molecule has 1 N–H and O–H groups in total. The first kappa shape index (κ1) is 19.8. The van der Waals surface area contributed by atoms with Gasteiger partial charge in [-0.2, -0.15) is 0 Å². The van der Waals surface area contributed by atoms with Crippen LogP contribution in [0.1, 0.15) is 12.0 Å². The van der Waals surface area contributed by atoms with Gasteiger partial charge < -0.3 is 14.8 Å². The number of hydrogen-bond donors (Lipinski definition) is 1. The van der Waals surface area contributed by atoms with Crippen LogP contribution in [0.15, 0.2) is 53.4 Å². The normalized spacial score (nSPS) is 14.8. The molecule has 1 amide bonds. The summed E-state index contributed by atoms with van der Waals surface area (Å²) in [5, 5.41) is 13.6. The summed E-state index contributed by atoms with van der Waals surface area (Å²) in [5.74, 6) is 0.899. The maximum Gasteiger partial charge on any atom is 0.270 e. The number of para-hydroxylation sites is 1. The van der Waals surface area contributed by atoms with Crippen molar-refractivity contribution in [1.82, 2.24) is 5.32 Å². The van der Waals surface area contributed by atoms with Gasteiger partial charge in [0.25, 0.3) is 11.6 Å². The lowest BCUT2D eigenvalue weighted by Gasteiger charge is -2.10. The van der Waals surface area contributed by atoms with Crippen LogP contribution in [0.25, 0.3) is 6.08 Å². The summed E-state index contributed by atoms with van der Waals surface area (Å²) < 4.78 is 11.7. The van der Waals surface area contributed by atoms with Gasteiger partial charge in [-0.05, 0) is 24.3 Å². The van der Waals surface area contributed by atoms with E-state index in [1.165, 1.54) is 18.2 Å². The summed E-state index contributed by atoms with van der Waals surface area (Å²) in [6, 6.07) is 13.7. The van der Waals surface area contributed by atoms with Crippen molar-refractivity contribution in [2.45, 2.75) is 6.42 Å². The van der Waals surface area contributed by atoms with Gasteiger partial charge in [0.05, 0.1) is 23.0 Å². The van der Waals surface area contributed by atoms with Gasteiger partial charge in [0.1, 0.15) is 15.8 Å². The van der Waals surface area contributed by atoms with Crippen LogP contribution in [-0.4, -0.2) is 28.4 Å². The summed E-state index contributed by atoms with van der Waals surface area (Å²) >= 11 is 6.07. The van der Waals surface area contributed by atoms with Crippen LogP contribution in [-0.2, 0) is 4.79 Å². The Kier molecular flexibility index (Phi) is 6.62. The van der Waals surface area contributed by atoms with E-state index in [0.717, 1.165) is 17.5 Å². The van der Waals surface area contributed by atoms with Gasteiger partial charge in [-0.15, -0.1) is 0 Å². The SMILES string of the molecule is O=C1NC(=S)SC1=Cc1cc([N+](=O)[O-])ccc1OCCCOc1ccccc1. The zero-order chi connectivity index (χ0) is 19.9. The summed E-state index contributed by atoms with van der Waals surface area (Å²) in [5.41, 5.74) is 0.359. The second-order valence-corrected chi connectivity index (χ2v) is 7.41. The number of nitro benzene ring substituents is 1. The number of carbonyl (C=O) groups excluding carboxylic acids is 1. The zero-order valence-corrected chi connectivity index (χ0v) is 16.3. The molecule has 0 bridgehead atoms. The van der Waals surface area contributed by atoms with Crippen molar-refractivity contribution in [3.8, 4) is 11.5 Å². The Hall–Kier alpha value is -2.91. The number of nitro groups is 1. The highest BCUT2D eigenvalue weighted by molar-refractivity contribution is 8.26. The van der Waals surface area contributed by atoms with Crippen molar-refractivity contribution in [3.05, 3.63) is 69.1 Å². The molecule has 9 heteroatoms. The van der Waals surface area contributed by atoms with Crippen LogP contribution in [0.3, 0.4) is 0 Å². The molecule has 3 rings (SSSR count). The predicted molar refractivity (Wildman–Crippen MR) is 111 cm³/mol. The minimum atomic E-state index is -0.494. The maximum absolute atomic E-state index is 11.9. The molecule has 1 aliphatic rings. The largest absolute Gasteiger partial charge is 0.493 e.